The molecule has 0 saturated heterocycles. The zero-order valence-corrected chi connectivity index (χ0v) is 10.4. The molecule has 1 aliphatic carbocycles. The highest BCUT2D eigenvalue weighted by Crippen LogP contribution is 2.28. The maximum atomic E-state index is 11.4. The third-order valence-electron chi connectivity index (χ3n) is 2.64. The van der Waals surface area contributed by atoms with Crippen LogP contribution in [-0.2, 0) is 16.0 Å². The van der Waals surface area contributed by atoms with Gasteiger partial charge in [0.1, 0.15) is 0 Å². The molecule has 2 rings (SSSR count). The Hall–Kier alpha value is -1.36. The van der Waals surface area contributed by atoms with Gasteiger partial charge >= 0.3 is 0 Å². The van der Waals surface area contributed by atoms with Crippen LogP contribution in [0.2, 0.25) is 0 Å². The Labute approximate surface area is 104 Å². The summed E-state index contributed by atoms with van der Waals surface area (Å²) in [6.45, 7) is 0.721. The maximum Gasteiger partial charge on any atom is 0.239 e. The van der Waals surface area contributed by atoms with Gasteiger partial charge in [0.15, 0.2) is 0 Å². The Bertz CT molecular complexity index is 385. The fourth-order valence-corrected chi connectivity index (χ4v) is 2.21. The van der Waals surface area contributed by atoms with E-state index in [4.69, 9.17) is 0 Å². The van der Waals surface area contributed by atoms with Gasteiger partial charge in [-0.15, -0.1) is 11.3 Å². The van der Waals surface area contributed by atoms with Crippen LogP contribution in [0.3, 0.4) is 0 Å². The van der Waals surface area contributed by atoms with Crippen LogP contribution in [0.4, 0.5) is 0 Å². The molecule has 0 atom stereocenters. The van der Waals surface area contributed by atoms with E-state index in [0.29, 0.717) is 6.54 Å². The van der Waals surface area contributed by atoms with Crippen molar-refractivity contribution in [2.45, 2.75) is 19.3 Å². The average Bonchev–Trinajstić information content (AvgIpc) is 3.05. The second kappa shape index (κ2) is 5.82. The van der Waals surface area contributed by atoms with Crippen molar-refractivity contribution in [1.29, 1.82) is 0 Å². The molecule has 0 spiro atoms. The summed E-state index contributed by atoms with van der Waals surface area (Å²) in [4.78, 5) is 23.9. The van der Waals surface area contributed by atoms with Crippen molar-refractivity contribution in [3.05, 3.63) is 22.4 Å². The van der Waals surface area contributed by atoms with Crippen LogP contribution in [0.25, 0.3) is 0 Å². The van der Waals surface area contributed by atoms with E-state index in [1.807, 2.05) is 17.5 Å². The lowest BCUT2D eigenvalue weighted by molar-refractivity contribution is -0.126. The van der Waals surface area contributed by atoms with Gasteiger partial charge in [-0.1, -0.05) is 6.07 Å². The van der Waals surface area contributed by atoms with Gasteiger partial charge in [-0.2, -0.15) is 0 Å². The van der Waals surface area contributed by atoms with E-state index in [1.165, 1.54) is 4.88 Å². The first kappa shape index (κ1) is 12.1. The maximum absolute atomic E-state index is 11.4. The summed E-state index contributed by atoms with van der Waals surface area (Å²) >= 11 is 1.68. The topological polar surface area (TPSA) is 58.2 Å². The lowest BCUT2D eigenvalue weighted by atomic mass is 10.3. The third kappa shape index (κ3) is 4.19. The SMILES string of the molecule is O=C(CNC(=O)C1CC1)NCCc1cccs1. The normalized spacial score (nSPS) is 14.4. The molecule has 0 radical (unpaired) electrons. The number of rotatable bonds is 6. The molecule has 1 saturated carbocycles. The summed E-state index contributed by atoms with van der Waals surface area (Å²) in [5.74, 6) is 0.0582. The van der Waals surface area contributed by atoms with E-state index in [-0.39, 0.29) is 24.3 Å². The van der Waals surface area contributed by atoms with E-state index >= 15 is 0 Å². The first-order chi connectivity index (χ1) is 8.25. The molecule has 1 fully saturated rings. The van der Waals surface area contributed by atoms with Gasteiger partial charge in [0, 0.05) is 17.3 Å². The Balaban J connectivity index is 1.56. The molecule has 2 amide bonds. The number of nitrogens with one attached hydrogen (secondary N) is 2. The number of hydrogen-bond donors (Lipinski definition) is 2. The average molecular weight is 252 g/mol. The molecule has 92 valence electrons. The van der Waals surface area contributed by atoms with Crippen LogP contribution in [0.5, 0.6) is 0 Å². The molecule has 0 aliphatic heterocycles. The fourth-order valence-electron chi connectivity index (χ4n) is 1.50. The van der Waals surface area contributed by atoms with Gasteiger partial charge in [-0.3, -0.25) is 9.59 Å². The van der Waals surface area contributed by atoms with E-state index < -0.39 is 0 Å². The number of thiophene rings is 1. The second-order valence-corrected chi connectivity index (χ2v) is 5.20. The Kier molecular flexibility index (Phi) is 4.14. The van der Waals surface area contributed by atoms with E-state index in [9.17, 15) is 9.59 Å². The number of carbonyl (C=O) groups is 2. The Morgan fingerprint density at radius 3 is 2.82 bits per heavy atom. The fraction of sp³-hybridized carbons (Fsp3) is 0.500. The van der Waals surface area contributed by atoms with Crippen molar-refractivity contribution >= 4 is 23.2 Å². The van der Waals surface area contributed by atoms with Crippen molar-refractivity contribution in [2.75, 3.05) is 13.1 Å². The highest BCUT2D eigenvalue weighted by atomic mass is 32.1. The van der Waals surface area contributed by atoms with Crippen molar-refractivity contribution in [1.82, 2.24) is 10.6 Å². The first-order valence-electron chi connectivity index (χ1n) is 5.82. The van der Waals surface area contributed by atoms with Gasteiger partial charge in [0.2, 0.25) is 11.8 Å². The van der Waals surface area contributed by atoms with E-state index in [0.717, 1.165) is 19.3 Å². The third-order valence-corrected chi connectivity index (χ3v) is 3.58. The minimum absolute atomic E-state index is 0.0124. The number of carbonyl (C=O) groups excluding carboxylic acids is 2. The van der Waals surface area contributed by atoms with E-state index in [1.54, 1.807) is 11.3 Å². The smallest absolute Gasteiger partial charge is 0.239 e. The van der Waals surface area contributed by atoms with Gasteiger partial charge < -0.3 is 10.6 Å². The lowest BCUT2D eigenvalue weighted by Crippen LogP contribution is -2.38. The van der Waals surface area contributed by atoms with Gasteiger partial charge in [0.25, 0.3) is 0 Å². The standard InChI is InChI=1S/C12H16N2O2S/c15-11(8-14-12(16)9-3-4-9)13-6-5-10-2-1-7-17-10/h1-2,7,9H,3-6,8H2,(H,13,15)(H,14,16). The quantitative estimate of drug-likeness (QED) is 0.791. The molecule has 0 aromatic carbocycles. The van der Waals surface area contributed by atoms with Crippen molar-refractivity contribution in [3.63, 3.8) is 0 Å². The summed E-state index contributed by atoms with van der Waals surface area (Å²) in [6.07, 6.45) is 2.78. The van der Waals surface area contributed by atoms with E-state index in [2.05, 4.69) is 10.6 Å². The summed E-state index contributed by atoms with van der Waals surface area (Å²) < 4.78 is 0. The Morgan fingerprint density at radius 2 is 2.18 bits per heavy atom. The monoisotopic (exact) mass is 252 g/mol. The van der Waals surface area contributed by atoms with Crippen molar-refractivity contribution in [3.8, 4) is 0 Å². The summed E-state index contributed by atoms with van der Waals surface area (Å²) in [5.41, 5.74) is 0. The highest BCUT2D eigenvalue weighted by Gasteiger charge is 2.29. The zero-order chi connectivity index (χ0) is 12.1. The molecule has 1 aromatic rings. The molecule has 0 bridgehead atoms. The first-order valence-corrected chi connectivity index (χ1v) is 6.70. The molecule has 1 aromatic heterocycles. The highest BCUT2D eigenvalue weighted by molar-refractivity contribution is 7.09. The van der Waals surface area contributed by atoms with Crippen LogP contribution in [0.1, 0.15) is 17.7 Å². The molecule has 1 aliphatic rings. The zero-order valence-electron chi connectivity index (χ0n) is 9.57. The molecule has 4 nitrogen and oxygen atoms in total. The second-order valence-electron chi connectivity index (χ2n) is 4.17. The molecule has 1 heterocycles. The van der Waals surface area contributed by atoms with Crippen LogP contribution < -0.4 is 10.6 Å². The summed E-state index contributed by atoms with van der Waals surface area (Å²) in [5, 5.41) is 7.45. The predicted octanol–water partition coefficient (Wildman–Crippen LogP) is 0.933. The van der Waals surface area contributed by atoms with Crippen LogP contribution in [0.15, 0.2) is 17.5 Å². The Morgan fingerprint density at radius 1 is 1.35 bits per heavy atom. The lowest BCUT2D eigenvalue weighted by Gasteiger charge is -2.05. The van der Waals surface area contributed by atoms with Gasteiger partial charge in [0.05, 0.1) is 6.54 Å². The van der Waals surface area contributed by atoms with Gasteiger partial charge in [-0.05, 0) is 30.7 Å². The molecule has 17 heavy (non-hydrogen) atoms. The summed E-state index contributed by atoms with van der Waals surface area (Å²) in [6, 6.07) is 4.05. The molecule has 2 N–H and O–H groups in total. The van der Waals surface area contributed by atoms with Crippen LogP contribution >= 0.6 is 11.3 Å². The minimum atomic E-state index is -0.115. The van der Waals surface area contributed by atoms with Crippen LogP contribution in [0, 0.1) is 5.92 Å². The largest absolute Gasteiger partial charge is 0.354 e. The van der Waals surface area contributed by atoms with Crippen molar-refractivity contribution < 1.29 is 9.59 Å². The number of hydrogen-bond acceptors (Lipinski definition) is 3. The molecular weight excluding hydrogens is 236 g/mol. The summed E-state index contributed by atoms with van der Waals surface area (Å²) in [7, 11) is 0. The molecular formula is C12H16N2O2S. The minimum Gasteiger partial charge on any atom is -0.354 e. The van der Waals surface area contributed by atoms with Gasteiger partial charge in [-0.25, -0.2) is 0 Å². The van der Waals surface area contributed by atoms with Crippen LogP contribution in [-0.4, -0.2) is 24.9 Å². The van der Waals surface area contributed by atoms with Crippen molar-refractivity contribution in [2.24, 2.45) is 5.92 Å². The molecule has 0 unspecified atom stereocenters. The number of amides is 2. The molecule has 5 heteroatoms. The predicted molar refractivity (Wildman–Crippen MR) is 66.8 cm³/mol.